The topological polar surface area (TPSA) is 52.6 Å². The molecular weight excluding hydrogens is 268 g/mol. The molecule has 0 fully saturated rings. The minimum atomic E-state index is -0.297. The third-order valence-corrected chi connectivity index (χ3v) is 3.68. The van der Waals surface area contributed by atoms with Crippen LogP contribution in [-0.4, -0.2) is 18.0 Å². The first-order valence-corrected chi connectivity index (χ1v) is 7.16. The molecular formula is C17H20O4. The molecule has 2 rings (SSSR count). The number of carbonyl (C=O) groups excluding carboxylic acids is 2. The Hall–Kier alpha value is -2.10. The molecule has 0 N–H and O–H groups in total. The van der Waals surface area contributed by atoms with Crippen LogP contribution in [0.3, 0.4) is 0 Å². The smallest absolute Gasteiger partial charge is 0.339 e. The molecule has 4 heteroatoms. The third-order valence-electron chi connectivity index (χ3n) is 3.68. The molecule has 0 amide bonds. The second-order valence-corrected chi connectivity index (χ2v) is 5.25. The fraction of sp³-hybridized carbons (Fsp3) is 0.412. The van der Waals surface area contributed by atoms with Gasteiger partial charge >= 0.3 is 11.9 Å². The fourth-order valence-corrected chi connectivity index (χ4v) is 2.27. The molecule has 4 nitrogen and oxygen atoms in total. The maximum Gasteiger partial charge on any atom is 0.339 e. The summed E-state index contributed by atoms with van der Waals surface area (Å²) in [7, 11) is 0. The molecule has 0 aliphatic carbocycles. The van der Waals surface area contributed by atoms with E-state index in [1.54, 1.807) is 26.0 Å². The summed E-state index contributed by atoms with van der Waals surface area (Å²) in [5.41, 5.74) is 2.15. The SMILES string of the molecule is C/C=C(/C)C(=O)O[C@@H](C)CC[C@@H]1OC(=O)c2ccccc21. The van der Waals surface area contributed by atoms with Crippen LogP contribution >= 0.6 is 0 Å². The van der Waals surface area contributed by atoms with Gasteiger partial charge in [0.15, 0.2) is 0 Å². The van der Waals surface area contributed by atoms with E-state index in [0.717, 1.165) is 5.56 Å². The maximum atomic E-state index is 11.7. The van der Waals surface area contributed by atoms with Crippen molar-refractivity contribution in [3.63, 3.8) is 0 Å². The summed E-state index contributed by atoms with van der Waals surface area (Å²) in [6, 6.07) is 7.40. The Balaban J connectivity index is 1.90. The Bertz CT molecular complexity index is 574. The van der Waals surface area contributed by atoms with Gasteiger partial charge in [-0.05, 0) is 39.7 Å². The van der Waals surface area contributed by atoms with E-state index in [2.05, 4.69) is 0 Å². The largest absolute Gasteiger partial charge is 0.459 e. The van der Waals surface area contributed by atoms with Gasteiger partial charge in [0.05, 0.1) is 11.7 Å². The number of carbonyl (C=O) groups is 2. The summed E-state index contributed by atoms with van der Waals surface area (Å²) in [4.78, 5) is 23.4. The highest BCUT2D eigenvalue weighted by atomic mass is 16.6. The molecule has 0 saturated heterocycles. The summed E-state index contributed by atoms with van der Waals surface area (Å²) in [5, 5.41) is 0. The van der Waals surface area contributed by atoms with Gasteiger partial charge in [0.1, 0.15) is 6.10 Å². The zero-order chi connectivity index (χ0) is 15.4. The van der Waals surface area contributed by atoms with Crippen LogP contribution in [-0.2, 0) is 14.3 Å². The van der Waals surface area contributed by atoms with Gasteiger partial charge in [0.25, 0.3) is 0 Å². The lowest BCUT2D eigenvalue weighted by atomic mass is 10.0. The van der Waals surface area contributed by atoms with Crippen LogP contribution in [0.4, 0.5) is 0 Å². The lowest BCUT2D eigenvalue weighted by Gasteiger charge is -2.16. The lowest BCUT2D eigenvalue weighted by Crippen LogP contribution is -2.16. The monoisotopic (exact) mass is 288 g/mol. The van der Waals surface area contributed by atoms with Crippen molar-refractivity contribution in [2.24, 2.45) is 0 Å². The van der Waals surface area contributed by atoms with Crippen LogP contribution in [0.2, 0.25) is 0 Å². The van der Waals surface area contributed by atoms with Gasteiger partial charge in [-0.25, -0.2) is 9.59 Å². The van der Waals surface area contributed by atoms with Crippen molar-refractivity contribution >= 4 is 11.9 Å². The number of rotatable bonds is 5. The molecule has 0 saturated carbocycles. The minimum Gasteiger partial charge on any atom is -0.459 e. The summed E-state index contributed by atoms with van der Waals surface area (Å²) in [5.74, 6) is -0.571. The van der Waals surface area contributed by atoms with Crippen molar-refractivity contribution < 1.29 is 19.1 Å². The first kappa shape index (κ1) is 15.3. The van der Waals surface area contributed by atoms with E-state index in [1.807, 2.05) is 25.1 Å². The number of ether oxygens (including phenoxy) is 2. The molecule has 0 bridgehead atoms. The molecule has 0 unspecified atom stereocenters. The highest BCUT2D eigenvalue weighted by Gasteiger charge is 2.30. The van der Waals surface area contributed by atoms with Gasteiger partial charge in [0, 0.05) is 11.1 Å². The number of fused-ring (bicyclic) bond motifs is 1. The zero-order valence-corrected chi connectivity index (χ0v) is 12.6. The van der Waals surface area contributed by atoms with Gasteiger partial charge < -0.3 is 9.47 Å². The number of esters is 2. The number of cyclic esters (lactones) is 1. The van der Waals surface area contributed by atoms with Gasteiger partial charge in [-0.15, -0.1) is 0 Å². The van der Waals surface area contributed by atoms with Gasteiger partial charge in [-0.1, -0.05) is 24.3 Å². The molecule has 1 aliphatic heterocycles. The normalized spacial score (nSPS) is 18.9. The van der Waals surface area contributed by atoms with Crippen molar-refractivity contribution in [2.45, 2.75) is 45.8 Å². The van der Waals surface area contributed by atoms with Gasteiger partial charge in [0.2, 0.25) is 0 Å². The minimum absolute atomic E-state index is 0.209. The van der Waals surface area contributed by atoms with Gasteiger partial charge in [-0.3, -0.25) is 0 Å². The quantitative estimate of drug-likeness (QED) is 0.614. The Labute approximate surface area is 124 Å². The number of hydrogen-bond acceptors (Lipinski definition) is 4. The van der Waals surface area contributed by atoms with Crippen molar-refractivity contribution in [3.8, 4) is 0 Å². The summed E-state index contributed by atoms with van der Waals surface area (Å²) in [6.45, 7) is 5.38. The molecule has 112 valence electrons. The van der Waals surface area contributed by atoms with Gasteiger partial charge in [-0.2, -0.15) is 0 Å². The first-order valence-electron chi connectivity index (χ1n) is 7.16. The van der Waals surface area contributed by atoms with E-state index < -0.39 is 0 Å². The van der Waals surface area contributed by atoms with Crippen molar-refractivity contribution in [1.29, 1.82) is 0 Å². The Morgan fingerprint density at radius 1 is 1.43 bits per heavy atom. The maximum absolute atomic E-state index is 11.7. The fourth-order valence-electron chi connectivity index (χ4n) is 2.27. The number of allylic oxidation sites excluding steroid dienone is 1. The van der Waals surface area contributed by atoms with Crippen LogP contribution in [0.1, 0.15) is 55.6 Å². The van der Waals surface area contributed by atoms with E-state index in [0.29, 0.717) is 24.0 Å². The molecule has 1 heterocycles. The predicted octanol–water partition coefficient (Wildman–Crippen LogP) is 3.58. The Kier molecular flexibility index (Phi) is 4.78. The molecule has 1 aromatic carbocycles. The zero-order valence-electron chi connectivity index (χ0n) is 12.6. The highest BCUT2D eigenvalue weighted by molar-refractivity contribution is 5.93. The lowest BCUT2D eigenvalue weighted by molar-refractivity contribution is -0.143. The van der Waals surface area contributed by atoms with Crippen LogP contribution in [0.25, 0.3) is 0 Å². The average Bonchev–Trinajstić information content (AvgIpc) is 2.81. The average molecular weight is 288 g/mol. The van der Waals surface area contributed by atoms with Crippen LogP contribution in [0.5, 0.6) is 0 Å². The molecule has 0 radical (unpaired) electrons. The Morgan fingerprint density at radius 3 is 2.86 bits per heavy atom. The molecule has 0 aromatic heterocycles. The molecule has 2 atom stereocenters. The third kappa shape index (κ3) is 3.51. The molecule has 1 aromatic rings. The van der Waals surface area contributed by atoms with Crippen molar-refractivity contribution in [2.75, 3.05) is 0 Å². The summed E-state index contributed by atoms with van der Waals surface area (Å²) in [6.07, 6.45) is 2.57. The summed E-state index contributed by atoms with van der Waals surface area (Å²) < 4.78 is 10.7. The number of benzene rings is 1. The van der Waals surface area contributed by atoms with Crippen LogP contribution < -0.4 is 0 Å². The molecule has 21 heavy (non-hydrogen) atoms. The Morgan fingerprint density at radius 2 is 2.14 bits per heavy atom. The second-order valence-electron chi connectivity index (χ2n) is 5.25. The van der Waals surface area contributed by atoms with E-state index in [9.17, 15) is 9.59 Å². The highest BCUT2D eigenvalue weighted by Crippen LogP contribution is 2.34. The molecule has 0 spiro atoms. The van der Waals surface area contributed by atoms with Crippen LogP contribution in [0.15, 0.2) is 35.9 Å². The van der Waals surface area contributed by atoms with E-state index in [1.165, 1.54) is 0 Å². The van der Waals surface area contributed by atoms with Crippen molar-refractivity contribution in [3.05, 3.63) is 47.0 Å². The standard InChI is InChI=1S/C17H20O4/c1-4-11(2)16(18)20-12(3)9-10-15-13-7-5-6-8-14(13)17(19)21-15/h4-8,12,15H,9-10H2,1-3H3/b11-4-/t12-,15-/m0/s1. The predicted molar refractivity (Wildman–Crippen MR) is 78.8 cm³/mol. The van der Waals surface area contributed by atoms with E-state index in [-0.39, 0.29) is 24.1 Å². The molecule has 1 aliphatic rings. The van der Waals surface area contributed by atoms with E-state index in [4.69, 9.17) is 9.47 Å². The van der Waals surface area contributed by atoms with E-state index >= 15 is 0 Å². The van der Waals surface area contributed by atoms with Crippen LogP contribution in [0, 0.1) is 0 Å². The van der Waals surface area contributed by atoms with Crippen molar-refractivity contribution in [1.82, 2.24) is 0 Å². The second kappa shape index (κ2) is 6.57. The first-order chi connectivity index (χ1) is 10.0. The number of hydrogen-bond donors (Lipinski definition) is 0. The summed E-state index contributed by atoms with van der Waals surface area (Å²) >= 11 is 0.